The molecule has 0 aromatic rings. The molecule has 0 aliphatic heterocycles. The molecule has 0 amide bonds. The van der Waals surface area contributed by atoms with E-state index in [1.54, 1.807) is 0 Å². The molecule has 0 spiro atoms. The van der Waals surface area contributed by atoms with Gasteiger partial charge in [-0.05, 0) is 55.4 Å². The smallest absolute Gasteiger partial charge is 0.214 e. The first-order valence-corrected chi connectivity index (χ1v) is 8.74. The molecule has 0 N–H and O–H groups in total. The Balaban J connectivity index is 5.38. The molecule has 3 nitrogen and oxygen atoms in total. The Labute approximate surface area is 108 Å². The topological polar surface area (TPSA) is 23.6 Å². The van der Waals surface area contributed by atoms with Crippen LogP contribution in [-0.2, 0) is 4.57 Å². The van der Waals surface area contributed by atoms with Crippen LogP contribution in [0, 0.1) is 0 Å². The van der Waals surface area contributed by atoms with Gasteiger partial charge in [0.1, 0.15) is 0 Å². The largest absolute Gasteiger partial charge is 0.289 e. The Hall–Kier alpha value is 0.150. The Morgan fingerprint density at radius 3 is 0.941 bits per heavy atom. The number of hydrogen-bond donors (Lipinski definition) is 0. The summed E-state index contributed by atoms with van der Waals surface area (Å²) in [5.74, 6) is 0. The highest BCUT2D eigenvalue weighted by molar-refractivity contribution is 7.58. The number of hydrogen-bond acceptors (Lipinski definition) is 1. The van der Waals surface area contributed by atoms with Crippen molar-refractivity contribution in [2.75, 3.05) is 6.66 Å². The lowest BCUT2D eigenvalue weighted by Crippen LogP contribution is -2.44. The van der Waals surface area contributed by atoms with Crippen LogP contribution in [0.3, 0.4) is 0 Å². The molecule has 0 atom stereocenters. The average molecular weight is 262 g/mol. The highest BCUT2D eigenvalue weighted by Gasteiger charge is 2.38. The van der Waals surface area contributed by atoms with Crippen molar-refractivity contribution in [2.45, 2.75) is 79.6 Å². The summed E-state index contributed by atoms with van der Waals surface area (Å²) in [7, 11) is -2.47. The van der Waals surface area contributed by atoms with E-state index >= 15 is 0 Å². The Morgan fingerprint density at radius 1 is 0.647 bits per heavy atom. The lowest BCUT2D eigenvalue weighted by Gasteiger charge is -2.45. The van der Waals surface area contributed by atoms with E-state index in [-0.39, 0.29) is 0 Å². The van der Waals surface area contributed by atoms with Crippen LogP contribution >= 0.6 is 7.44 Å². The first-order valence-electron chi connectivity index (χ1n) is 6.68. The second kappa shape index (κ2) is 6.36. The van der Waals surface area contributed by atoms with Crippen LogP contribution in [0.15, 0.2) is 0 Å². The van der Waals surface area contributed by atoms with E-state index in [1.165, 1.54) is 0 Å². The predicted octanol–water partition coefficient (Wildman–Crippen LogP) is 4.05. The van der Waals surface area contributed by atoms with Crippen LogP contribution in [0.5, 0.6) is 0 Å². The van der Waals surface area contributed by atoms with Crippen LogP contribution in [-0.4, -0.2) is 40.2 Å². The van der Waals surface area contributed by atoms with Crippen LogP contribution in [0.4, 0.5) is 0 Å². The normalized spacial score (nSPS) is 14.1. The molecule has 0 unspecified atom stereocenters. The van der Waals surface area contributed by atoms with Crippen LogP contribution < -0.4 is 0 Å². The van der Waals surface area contributed by atoms with Gasteiger partial charge in [0.05, 0.1) is 0 Å². The first kappa shape index (κ1) is 17.2. The molecule has 0 aliphatic carbocycles. The third-order valence-electron chi connectivity index (χ3n) is 2.97. The fraction of sp³-hybridized carbons (Fsp3) is 1.00. The lowest BCUT2D eigenvalue weighted by molar-refractivity contribution is 0.228. The van der Waals surface area contributed by atoms with E-state index in [0.717, 1.165) is 0 Å². The van der Waals surface area contributed by atoms with E-state index in [9.17, 15) is 4.57 Å². The monoisotopic (exact) mass is 262 g/mol. The van der Waals surface area contributed by atoms with Crippen molar-refractivity contribution in [1.29, 1.82) is 0 Å². The van der Waals surface area contributed by atoms with E-state index < -0.39 is 7.44 Å². The highest BCUT2D eigenvalue weighted by atomic mass is 31.2. The van der Waals surface area contributed by atoms with Gasteiger partial charge in [-0.3, -0.25) is 4.57 Å². The predicted molar refractivity (Wildman–Crippen MR) is 77.8 cm³/mol. The second-order valence-electron chi connectivity index (χ2n) is 5.97. The summed E-state index contributed by atoms with van der Waals surface area (Å²) >= 11 is 0. The van der Waals surface area contributed by atoms with Gasteiger partial charge in [-0.2, -0.15) is 0 Å². The number of rotatable bonds is 6. The maximum Gasteiger partial charge on any atom is 0.214 e. The highest BCUT2D eigenvalue weighted by Crippen LogP contribution is 2.54. The van der Waals surface area contributed by atoms with E-state index in [4.69, 9.17) is 0 Å². The molecule has 0 aromatic carbocycles. The fourth-order valence-electron chi connectivity index (χ4n) is 3.03. The quantitative estimate of drug-likeness (QED) is 0.675. The van der Waals surface area contributed by atoms with E-state index in [1.807, 2.05) is 6.66 Å². The molecule has 17 heavy (non-hydrogen) atoms. The summed E-state index contributed by atoms with van der Waals surface area (Å²) in [4.78, 5) is 0. The molecule has 0 fully saturated rings. The van der Waals surface area contributed by atoms with E-state index in [2.05, 4.69) is 64.7 Å². The minimum Gasteiger partial charge on any atom is -0.289 e. The maximum atomic E-state index is 13.2. The van der Waals surface area contributed by atoms with Gasteiger partial charge in [-0.15, -0.1) is 0 Å². The lowest BCUT2D eigenvalue weighted by atomic mass is 10.3. The first-order chi connectivity index (χ1) is 7.53. The molecule has 0 aromatic heterocycles. The van der Waals surface area contributed by atoms with Gasteiger partial charge in [0.25, 0.3) is 0 Å². The second-order valence-corrected chi connectivity index (χ2v) is 8.56. The summed E-state index contributed by atoms with van der Waals surface area (Å²) < 4.78 is 17.6. The van der Waals surface area contributed by atoms with Crippen molar-refractivity contribution in [3.8, 4) is 0 Å². The molecule has 4 heteroatoms. The van der Waals surface area contributed by atoms with Crippen molar-refractivity contribution >= 4 is 7.44 Å². The molecule has 0 aliphatic rings. The molecule has 0 saturated carbocycles. The molecule has 0 rings (SSSR count). The van der Waals surface area contributed by atoms with Gasteiger partial charge in [-0.25, -0.2) is 9.34 Å². The zero-order chi connectivity index (χ0) is 14.0. The fourth-order valence-corrected chi connectivity index (χ4v) is 6.69. The zero-order valence-electron chi connectivity index (χ0n) is 13.1. The third kappa shape index (κ3) is 4.08. The van der Waals surface area contributed by atoms with Gasteiger partial charge in [0, 0.05) is 30.8 Å². The van der Waals surface area contributed by atoms with Crippen molar-refractivity contribution in [3.63, 3.8) is 0 Å². The summed E-state index contributed by atoms with van der Waals surface area (Å²) in [6.45, 7) is 18.9. The molecule has 0 radical (unpaired) electrons. The molecule has 0 heterocycles. The van der Waals surface area contributed by atoms with Gasteiger partial charge in [0.15, 0.2) is 0 Å². The molecule has 0 bridgehead atoms. The average Bonchev–Trinajstić information content (AvgIpc) is 1.96. The Kier molecular flexibility index (Phi) is 6.41. The molecule has 104 valence electrons. The summed E-state index contributed by atoms with van der Waals surface area (Å²) in [5.41, 5.74) is 0. The van der Waals surface area contributed by atoms with Crippen LogP contribution in [0.25, 0.3) is 0 Å². The van der Waals surface area contributed by atoms with Crippen LogP contribution in [0.2, 0.25) is 0 Å². The Morgan fingerprint density at radius 2 is 0.824 bits per heavy atom. The summed E-state index contributed by atoms with van der Waals surface area (Å²) in [5, 5.41) is 0. The SMILES string of the molecule is CC(C)N(C(C)C)P(C)(=O)N(C(C)C)C(C)C. The van der Waals surface area contributed by atoms with Gasteiger partial charge in [0.2, 0.25) is 7.44 Å². The maximum absolute atomic E-state index is 13.2. The van der Waals surface area contributed by atoms with Crippen LogP contribution in [0.1, 0.15) is 55.4 Å². The summed E-state index contributed by atoms with van der Waals surface area (Å²) in [6.07, 6.45) is 0. The van der Waals surface area contributed by atoms with Gasteiger partial charge < -0.3 is 0 Å². The minimum absolute atomic E-state index is 0.297. The zero-order valence-corrected chi connectivity index (χ0v) is 14.0. The van der Waals surface area contributed by atoms with Gasteiger partial charge in [-0.1, -0.05) is 0 Å². The molecular weight excluding hydrogens is 231 g/mol. The van der Waals surface area contributed by atoms with Crippen molar-refractivity contribution in [1.82, 2.24) is 9.34 Å². The van der Waals surface area contributed by atoms with Crippen molar-refractivity contribution in [3.05, 3.63) is 0 Å². The third-order valence-corrected chi connectivity index (χ3v) is 6.53. The Bertz CT molecular complexity index is 235. The van der Waals surface area contributed by atoms with Crippen molar-refractivity contribution < 1.29 is 4.57 Å². The molecule has 0 saturated heterocycles. The number of nitrogens with zero attached hydrogens (tertiary/aromatic N) is 2. The van der Waals surface area contributed by atoms with Crippen molar-refractivity contribution in [2.24, 2.45) is 0 Å². The van der Waals surface area contributed by atoms with E-state index in [0.29, 0.717) is 24.2 Å². The van der Waals surface area contributed by atoms with Gasteiger partial charge >= 0.3 is 0 Å². The standard InChI is InChI=1S/C13H31N2OP/c1-10(2)14(11(3)4)17(9,16)15(12(5)6)13(7)8/h10-13H,1-9H3. The molecular formula is C13H31N2OP. The minimum atomic E-state index is -2.47. The summed E-state index contributed by atoms with van der Waals surface area (Å²) in [6, 6.07) is 1.19.